The Labute approximate surface area is 183 Å². The minimum Gasteiger partial charge on any atom is -0.345 e. The lowest BCUT2D eigenvalue weighted by atomic mass is 9.98. The van der Waals surface area contributed by atoms with E-state index in [1.54, 1.807) is 27.7 Å². The van der Waals surface area contributed by atoms with Crippen molar-refractivity contribution in [3.8, 4) is 0 Å². The molecule has 3 heterocycles. The molecule has 2 N–H and O–H groups in total. The summed E-state index contributed by atoms with van der Waals surface area (Å²) >= 11 is 0. The molecule has 0 aromatic heterocycles. The monoisotopic (exact) mass is 451 g/mol. The van der Waals surface area contributed by atoms with E-state index in [0.717, 1.165) is 0 Å². The average Bonchev–Trinajstić information content (AvgIpc) is 3.19. The van der Waals surface area contributed by atoms with Crippen LogP contribution in [0.3, 0.4) is 0 Å². The van der Waals surface area contributed by atoms with Crippen LogP contribution >= 0.6 is 0 Å². The third-order valence-corrected chi connectivity index (χ3v) is 5.20. The van der Waals surface area contributed by atoms with Gasteiger partial charge in [0.15, 0.2) is 24.0 Å². The summed E-state index contributed by atoms with van der Waals surface area (Å²) in [5.74, 6) is -2.93. The van der Waals surface area contributed by atoms with E-state index in [2.05, 4.69) is 10.6 Å². The van der Waals surface area contributed by atoms with Crippen molar-refractivity contribution >= 4 is 23.2 Å². The number of rotatable bonds is 5. The number of hydrogen-bond acceptors (Lipinski definition) is 9. The summed E-state index contributed by atoms with van der Waals surface area (Å²) in [7, 11) is 0. The van der Waals surface area contributed by atoms with Crippen molar-refractivity contribution in [2.45, 2.75) is 70.0 Å². The van der Waals surface area contributed by atoms with Crippen LogP contribution in [-0.4, -0.2) is 65.6 Å². The lowest BCUT2D eigenvalue weighted by Crippen LogP contribution is -2.59. The molecule has 12 heteroatoms. The highest BCUT2D eigenvalue weighted by molar-refractivity contribution is 5.95. The first-order chi connectivity index (χ1) is 14.9. The Morgan fingerprint density at radius 3 is 2.22 bits per heavy atom. The van der Waals surface area contributed by atoms with Crippen LogP contribution in [0.5, 0.6) is 0 Å². The first-order valence-electron chi connectivity index (χ1n) is 10.1. The van der Waals surface area contributed by atoms with E-state index in [1.165, 1.54) is 24.3 Å². The van der Waals surface area contributed by atoms with Crippen molar-refractivity contribution in [1.29, 1.82) is 0 Å². The maximum Gasteiger partial charge on any atom is 0.269 e. The number of carbonyl (C=O) groups excluding carboxylic acids is 2. The maximum absolute atomic E-state index is 12.9. The van der Waals surface area contributed by atoms with Crippen molar-refractivity contribution in [3.05, 3.63) is 34.4 Å². The normalized spacial score (nSPS) is 31.9. The topological polar surface area (TPSA) is 147 Å². The molecule has 1 aromatic carbocycles. The first-order valence-corrected chi connectivity index (χ1v) is 10.1. The van der Waals surface area contributed by atoms with Gasteiger partial charge in [-0.05, 0) is 39.8 Å². The largest absolute Gasteiger partial charge is 0.345 e. The minimum absolute atomic E-state index is 0.0957. The number of nitro benzene ring substituents is 1. The molecule has 0 radical (unpaired) electrons. The second-order valence-electron chi connectivity index (χ2n) is 8.66. The Bertz CT molecular complexity index is 917. The van der Waals surface area contributed by atoms with Crippen LogP contribution in [0, 0.1) is 10.1 Å². The van der Waals surface area contributed by atoms with Gasteiger partial charge in [0, 0.05) is 17.8 Å². The molecule has 174 valence electrons. The number of anilines is 1. The SMILES string of the molecule is CC1(C)O[C@H]2[C@@H](O1)[C@@H](C(=O)NCC(=O)Nc1ccc([N+](=O)[O-])cc1)O[C@@H]1OC(C)(C)O[C@@H]12. The summed E-state index contributed by atoms with van der Waals surface area (Å²) in [6.07, 6.45) is -3.80. The van der Waals surface area contributed by atoms with Crippen LogP contribution in [-0.2, 0) is 33.3 Å². The zero-order chi connectivity index (χ0) is 23.3. The Morgan fingerprint density at radius 2 is 1.56 bits per heavy atom. The number of benzene rings is 1. The molecule has 0 spiro atoms. The molecule has 32 heavy (non-hydrogen) atoms. The van der Waals surface area contributed by atoms with E-state index in [9.17, 15) is 19.7 Å². The number of ether oxygens (including phenoxy) is 5. The predicted molar refractivity (Wildman–Crippen MR) is 107 cm³/mol. The van der Waals surface area contributed by atoms with Crippen molar-refractivity contribution in [2.24, 2.45) is 0 Å². The number of hydrogen-bond donors (Lipinski definition) is 2. The van der Waals surface area contributed by atoms with Gasteiger partial charge in [-0.1, -0.05) is 0 Å². The molecule has 3 saturated heterocycles. The van der Waals surface area contributed by atoms with Gasteiger partial charge in [-0.15, -0.1) is 0 Å². The molecule has 0 saturated carbocycles. The number of amides is 2. The minimum atomic E-state index is -1.08. The summed E-state index contributed by atoms with van der Waals surface area (Å²) in [6, 6.07) is 5.34. The summed E-state index contributed by atoms with van der Waals surface area (Å²) in [5, 5.41) is 15.8. The van der Waals surface area contributed by atoms with E-state index >= 15 is 0 Å². The van der Waals surface area contributed by atoms with Gasteiger partial charge in [0.25, 0.3) is 11.6 Å². The Kier molecular flexibility index (Phi) is 5.67. The Morgan fingerprint density at radius 1 is 0.969 bits per heavy atom. The predicted octanol–water partition coefficient (Wildman–Crippen LogP) is 1.05. The van der Waals surface area contributed by atoms with Crippen LogP contribution in [0.25, 0.3) is 0 Å². The Hall–Kier alpha value is -2.64. The van der Waals surface area contributed by atoms with Crippen molar-refractivity contribution in [1.82, 2.24) is 5.32 Å². The standard InChI is InChI=1S/C20H25N3O9/c1-19(2)29-13-14(30-19)16-18(32-20(3,4)31-16)28-15(13)17(25)21-9-12(24)22-10-5-7-11(8-6-10)23(26)27/h5-8,13-16,18H,9H2,1-4H3,(H,21,25)(H,22,24)/t13-,14+,15+,16-,18-/m1/s1. The van der Waals surface area contributed by atoms with Crippen molar-refractivity contribution < 1.29 is 38.2 Å². The lowest BCUT2D eigenvalue weighted by Gasteiger charge is -2.36. The van der Waals surface area contributed by atoms with Gasteiger partial charge in [-0.3, -0.25) is 19.7 Å². The van der Waals surface area contributed by atoms with E-state index < -0.39 is 59.0 Å². The van der Waals surface area contributed by atoms with Gasteiger partial charge in [0.1, 0.15) is 18.3 Å². The third-order valence-electron chi connectivity index (χ3n) is 5.20. The summed E-state index contributed by atoms with van der Waals surface area (Å²) in [5.41, 5.74) is 0.265. The smallest absolute Gasteiger partial charge is 0.269 e. The van der Waals surface area contributed by atoms with Crippen LogP contribution in [0.1, 0.15) is 27.7 Å². The van der Waals surface area contributed by atoms with Crippen LogP contribution in [0.15, 0.2) is 24.3 Å². The lowest BCUT2D eigenvalue weighted by molar-refractivity contribution is -0.384. The van der Waals surface area contributed by atoms with Crippen LogP contribution in [0.4, 0.5) is 11.4 Å². The quantitative estimate of drug-likeness (QED) is 0.495. The van der Waals surface area contributed by atoms with Gasteiger partial charge >= 0.3 is 0 Å². The molecule has 0 aliphatic carbocycles. The Balaban J connectivity index is 1.38. The van der Waals surface area contributed by atoms with Crippen molar-refractivity contribution in [2.75, 3.05) is 11.9 Å². The molecule has 5 atom stereocenters. The van der Waals surface area contributed by atoms with E-state index in [0.29, 0.717) is 5.69 Å². The molecule has 3 fully saturated rings. The number of nitro groups is 1. The second kappa shape index (κ2) is 8.05. The van der Waals surface area contributed by atoms with Gasteiger partial charge in [-0.2, -0.15) is 0 Å². The fourth-order valence-corrected chi connectivity index (χ4v) is 3.96. The zero-order valence-corrected chi connectivity index (χ0v) is 18.0. The maximum atomic E-state index is 12.9. The molecular formula is C20H25N3O9. The molecule has 2 amide bonds. The number of non-ortho nitro benzene ring substituents is 1. The van der Waals surface area contributed by atoms with Gasteiger partial charge < -0.3 is 34.3 Å². The summed E-state index contributed by atoms with van der Waals surface area (Å²) in [6.45, 7) is 6.60. The molecule has 3 aliphatic heterocycles. The van der Waals surface area contributed by atoms with Crippen LogP contribution < -0.4 is 10.6 Å². The molecule has 3 aliphatic rings. The van der Waals surface area contributed by atoms with Gasteiger partial charge in [-0.25, -0.2) is 0 Å². The molecule has 1 aromatic rings. The highest BCUT2D eigenvalue weighted by Gasteiger charge is 2.62. The van der Waals surface area contributed by atoms with E-state index in [1.807, 2.05) is 0 Å². The molecule has 12 nitrogen and oxygen atoms in total. The van der Waals surface area contributed by atoms with E-state index in [-0.39, 0.29) is 12.2 Å². The average molecular weight is 451 g/mol. The molecular weight excluding hydrogens is 426 g/mol. The first kappa shape index (κ1) is 22.6. The fourth-order valence-electron chi connectivity index (χ4n) is 3.96. The van der Waals surface area contributed by atoms with Gasteiger partial charge in [0.05, 0.1) is 11.5 Å². The van der Waals surface area contributed by atoms with Crippen LogP contribution in [0.2, 0.25) is 0 Å². The van der Waals surface area contributed by atoms with E-state index in [4.69, 9.17) is 23.7 Å². The highest BCUT2D eigenvalue weighted by atomic mass is 16.9. The molecule has 4 rings (SSSR count). The number of nitrogens with one attached hydrogen (secondary N) is 2. The molecule has 0 bridgehead atoms. The van der Waals surface area contributed by atoms with Crippen molar-refractivity contribution in [3.63, 3.8) is 0 Å². The zero-order valence-electron chi connectivity index (χ0n) is 18.0. The number of nitrogens with zero attached hydrogens (tertiary/aromatic N) is 1. The number of carbonyl (C=O) groups is 2. The summed E-state index contributed by atoms with van der Waals surface area (Å²) < 4.78 is 29.3. The number of fused-ring (bicyclic) bond motifs is 3. The van der Waals surface area contributed by atoms with Gasteiger partial charge in [0.2, 0.25) is 5.91 Å². The highest BCUT2D eigenvalue weighted by Crippen LogP contribution is 2.44. The summed E-state index contributed by atoms with van der Waals surface area (Å²) in [4.78, 5) is 35.2. The second-order valence-corrected chi connectivity index (χ2v) is 8.66. The fraction of sp³-hybridized carbons (Fsp3) is 0.600. The third kappa shape index (κ3) is 4.59. The molecule has 0 unspecified atom stereocenters.